The number of aryl methyl sites for hydroxylation is 1. The maximum Gasteiger partial charge on any atom is 0.360 e. The fourth-order valence-electron chi connectivity index (χ4n) is 2.48. The second-order valence-electron chi connectivity index (χ2n) is 5.66. The molecule has 0 unspecified atom stereocenters. The highest BCUT2D eigenvalue weighted by atomic mass is 35.7. The number of hydrogen-bond donors (Lipinski definition) is 0. The van der Waals surface area contributed by atoms with Crippen molar-refractivity contribution in [3.8, 4) is 33.9 Å². The molecular formula is C20H19ClO7. The van der Waals surface area contributed by atoms with E-state index in [1.54, 1.807) is 14.2 Å². The molecule has 0 N–H and O–H groups in total. The Bertz CT molecular complexity index is 816. The summed E-state index contributed by atoms with van der Waals surface area (Å²) in [6, 6.07) is 20.0. The van der Waals surface area contributed by atoms with E-state index in [2.05, 4.69) is 6.07 Å². The molecule has 3 aromatic rings. The molecule has 1 heterocycles. The van der Waals surface area contributed by atoms with Crippen LogP contribution < -0.4 is 28.1 Å². The van der Waals surface area contributed by atoms with Crippen LogP contribution in [0.2, 0.25) is 0 Å². The Hall–Kier alpha value is -2.68. The first-order chi connectivity index (χ1) is 13.2. The third kappa shape index (κ3) is 6.80. The first-order valence-electron chi connectivity index (χ1n) is 8.05. The monoisotopic (exact) mass is 406 g/mol. The largest absolute Gasteiger partial charge is 0.497 e. The van der Waals surface area contributed by atoms with Crippen molar-refractivity contribution in [1.29, 1.82) is 0 Å². The van der Waals surface area contributed by atoms with E-state index >= 15 is 0 Å². The number of benzene rings is 2. The minimum absolute atomic E-state index is 0.830. The second kappa shape index (κ2) is 9.50. The van der Waals surface area contributed by atoms with Gasteiger partial charge in [0.25, 0.3) is 0 Å². The Balaban J connectivity index is 0.000000500. The SMILES string of the molecule is COc1ccc(-c2cc(C)[o+]c(-c3ccc(OC)cc3)c2)cc1.[O-][Cl+3]([O-])([O-])[O-]. The number of ether oxygens (including phenoxy) is 2. The third-order valence-corrected chi connectivity index (χ3v) is 3.71. The molecule has 2 aromatic carbocycles. The first kappa shape index (κ1) is 21.6. The number of rotatable bonds is 4. The molecule has 148 valence electrons. The van der Waals surface area contributed by atoms with Crippen molar-refractivity contribution in [2.75, 3.05) is 14.2 Å². The molecule has 3 rings (SSSR count). The topological polar surface area (TPSA) is 122 Å². The zero-order chi connectivity index (χ0) is 20.7. The van der Waals surface area contributed by atoms with Gasteiger partial charge in [0.2, 0.25) is 0 Å². The highest BCUT2D eigenvalue weighted by Crippen LogP contribution is 2.30. The van der Waals surface area contributed by atoms with E-state index in [4.69, 9.17) is 32.5 Å². The molecule has 28 heavy (non-hydrogen) atoms. The molecule has 8 heteroatoms. The van der Waals surface area contributed by atoms with Crippen molar-refractivity contribution >= 4 is 0 Å². The predicted molar refractivity (Wildman–Crippen MR) is 91.8 cm³/mol. The first-order valence-corrected chi connectivity index (χ1v) is 9.28. The lowest BCUT2D eigenvalue weighted by Gasteiger charge is -2.17. The summed E-state index contributed by atoms with van der Waals surface area (Å²) in [5, 5.41) is 0. The number of methoxy groups -OCH3 is 2. The molecule has 0 atom stereocenters. The zero-order valence-electron chi connectivity index (χ0n) is 15.5. The van der Waals surface area contributed by atoms with Gasteiger partial charge in [-0.05, 0) is 42.0 Å². The van der Waals surface area contributed by atoms with Gasteiger partial charge in [-0.3, -0.25) is 0 Å². The molecule has 0 aliphatic rings. The summed E-state index contributed by atoms with van der Waals surface area (Å²) >= 11 is 0. The van der Waals surface area contributed by atoms with Gasteiger partial charge in [0.15, 0.2) is 0 Å². The Labute approximate surface area is 164 Å². The fraction of sp³-hybridized carbons (Fsp3) is 0.150. The maximum atomic E-state index is 8.49. The van der Waals surface area contributed by atoms with Crippen molar-refractivity contribution in [2.45, 2.75) is 6.92 Å². The summed E-state index contributed by atoms with van der Waals surface area (Å²) in [5.74, 6) is 3.38. The van der Waals surface area contributed by atoms with Crippen LogP contribution in [-0.2, 0) is 0 Å². The smallest absolute Gasteiger partial charge is 0.360 e. The molecule has 0 bridgehead atoms. The van der Waals surface area contributed by atoms with Gasteiger partial charge in [-0.2, -0.15) is 0 Å². The van der Waals surface area contributed by atoms with Gasteiger partial charge in [-0.15, -0.1) is 10.2 Å². The highest BCUT2D eigenvalue weighted by molar-refractivity contribution is 5.70. The number of hydrogen-bond acceptors (Lipinski definition) is 6. The van der Waals surface area contributed by atoms with Crippen LogP contribution in [0.25, 0.3) is 22.5 Å². The molecule has 1 aromatic heterocycles. The Morgan fingerprint density at radius 2 is 1.11 bits per heavy atom. The van der Waals surface area contributed by atoms with Crippen LogP contribution in [0.15, 0.2) is 65.1 Å². The van der Waals surface area contributed by atoms with E-state index in [0.29, 0.717) is 0 Å². The molecule has 0 radical (unpaired) electrons. The van der Waals surface area contributed by atoms with Crippen LogP contribution in [-0.4, -0.2) is 14.2 Å². The van der Waals surface area contributed by atoms with Crippen molar-refractivity contribution in [1.82, 2.24) is 0 Å². The van der Waals surface area contributed by atoms with Gasteiger partial charge in [0.1, 0.15) is 11.5 Å². The standard InChI is InChI=1S/C20H19O3.ClHO4/c1-14-12-17(15-4-8-18(21-2)9-5-15)13-20(23-14)16-6-10-19(22-3)11-7-16;2-1(3,4)5/h4-13H,1-3H3;(H,2,3,4,5)/q+1;/p-1. The quantitative estimate of drug-likeness (QED) is 0.577. The average molecular weight is 407 g/mol. The minimum atomic E-state index is -4.94. The molecular weight excluding hydrogens is 388 g/mol. The molecule has 0 amide bonds. The van der Waals surface area contributed by atoms with Crippen LogP contribution in [0.3, 0.4) is 0 Å². The minimum Gasteiger partial charge on any atom is -0.497 e. The lowest BCUT2D eigenvalue weighted by atomic mass is 10.0. The van der Waals surface area contributed by atoms with E-state index < -0.39 is 10.2 Å². The highest BCUT2D eigenvalue weighted by Gasteiger charge is 2.16. The molecule has 0 saturated carbocycles. The van der Waals surface area contributed by atoms with Crippen molar-refractivity contribution in [2.24, 2.45) is 0 Å². The molecule has 0 fully saturated rings. The van der Waals surface area contributed by atoms with Crippen LogP contribution in [0.1, 0.15) is 5.76 Å². The van der Waals surface area contributed by atoms with Crippen molar-refractivity contribution < 1.29 is 42.8 Å². The van der Waals surface area contributed by atoms with Crippen molar-refractivity contribution in [3.05, 3.63) is 66.4 Å². The van der Waals surface area contributed by atoms with E-state index in [9.17, 15) is 0 Å². The summed E-state index contributed by atoms with van der Waals surface area (Å²) in [5.41, 5.74) is 3.26. The van der Waals surface area contributed by atoms with Crippen molar-refractivity contribution in [3.63, 3.8) is 0 Å². The van der Waals surface area contributed by atoms with Gasteiger partial charge in [-0.25, -0.2) is 23.1 Å². The Morgan fingerprint density at radius 3 is 1.54 bits per heavy atom. The van der Waals surface area contributed by atoms with Gasteiger partial charge in [0, 0.05) is 11.6 Å². The van der Waals surface area contributed by atoms with Gasteiger partial charge < -0.3 is 9.47 Å². The second-order valence-corrected chi connectivity index (χ2v) is 6.41. The Morgan fingerprint density at radius 1 is 0.679 bits per heavy atom. The molecule has 7 nitrogen and oxygen atoms in total. The Kier molecular flexibility index (Phi) is 7.33. The molecule has 0 saturated heterocycles. The predicted octanol–water partition coefficient (Wildman–Crippen LogP) is 0.464. The summed E-state index contributed by atoms with van der Waals surface area (Å²) in [6.45, 7) is 1.96. The van der Waals surface area contributed by atoms with E-state index in [1.807, 2.05) is 61.5 Å². The lowest BCUT2D eigenvalue weighted by Crippen LogP contribution is -2.68. The van der Waals surface area contributed by atoms with Gasteiger partial charge in [0.05, 0.1) is 32.8 Å². The van der Waals surface area contributed by atoms with E-state index in [-0.39, 0.29) is 0 Å². The van der Waals surface area contributed by atoms with Gasteiger partial charge >= 0.3 is 11.5 Å². The molecule has 0 aliphatic carbocycles. The van der Waals surface area contributed by atoms with Gasteiger partial charge in [-0.1, -0.05) is 12.1 Å². The fourth-order valence-corrected chi connectivity index (χ4v) is 2.48. The molecule has 0 spiro atoms. The van der Waals surface area contributed by atoms with Crippen LogP contribution in [0.4, 0.5) is 0 Å². The molecule has 0 aliphatic heterocycles. The summed E-state index contributed by atoms with van der Waals surface area (Å²) in [7, 11) is -1.61. The third-order valence-electron chi connectivity index (χ3n) is 3.71. The summed E-state index contributed by atoms with van der Waals surface area (Å²) < 4.78 is 50.3. The van der Waals surface area contributed by atoms with E-state index in [1.165, 1.54) is 0 Å². The summed E-state index contributed by atoms with van der Waals surface area (Å²) in [6.07, 6.45) is 0. The lowest BCUT2D eigenvalue weighted by molar-refractivity contribution is -2.00. The maximum absolute atomic E-state index is 8.49. The summed E-state index contributed by atoms with van der Waals surface area (Å²) in [4.78, 5) is 0. The van der Waals surface area contributed by atoms with Crippen LogP contribution in [0.5, 0.6) is 11.5 Å². The zero-order valence-corrected chi connectivity index (χ0v) is 16.3. The van der Waals surface area contributed by atoms with Crippen LogP contribution >= 0.6 is 0 Å². The van der Waals surface area contributed by atoms with E-state index in [0.717, 1.165) is 39.7 Å². The average Bonchev–Trinajstić information content (AvgIpc) is 2.66. The number of halogens is 1. The normalized spacial score (nSPS) is 10.7. The van der Waals surface area contributed by atoms with Crippen LogP contribution in [0, 0.1) is 17.2 Å².